The first kappa shape index (κ1) is 16.7. The smallest absolute Gasteiger partial charge is 0.326 e. The van der Waals surface area contributed by atoms with Crippen molar-refractivity contribution in [3.63, 3.8) is 0 Å². The molecule has 0 amide bonds. The Labute approximate surface area is 144 Å². The topological polar surface area (TPSA) is 70.4 Å². The summed E-state index contributed by atoms with van der Waals surface area (Å²) in [5, 5.41) is 0.473. The molecule has 0 spiro atoms. The number of benzene rings is 2. The van der Waals surface area contributed by atoms with E-state index in [-0.39, 0.29) is 25.3 Å². The van der Waals surface area contributed by atoms with E-state index in [4.69, 9.17) is 9.47 Å². The van der Waals surface area contributed by atoms with Crippen LogP contribution in [-0.4, -0.2) is 28.7 Å². The van der Waals surface area contributed by atoms with Crippen molar-refractivity contribution in [2.45, 2.75) is 13.5 Å². The molecule has 3 rings (SSSR count). The van der Waals surface area contributed by atoms with Gasteiger partial charge in [0.15, 0.2) is 0 Å². The molecule has 0 aliphatic heterocycles. The summed E-state index contributed by atoms with van der Waals surface area (Å²) in [4.78, 5) is 28.4. The fourth-order valence-electron chi connectivity index (χ4n) is 2.35. The zero-order chi connectivity index (χ0) is 17.6. The van der Waals surface area contributed by atoms with Gasteiger partial charge in [0.1, 0.15) is 25.5 Å². The van der Waals surface area contributed by atoms with E-state index < -0.39 is 5.97 Å². The summed E-state index contributed by atoms with van der Waals surface area (Å²) in [6.07, 6.45) is 1.36. The quantitative estimate of drug-likeness (QED) is 0.510. The highest BCUT2D eigenvalue weighted by atomic mass is 16.6. The minimum atomic E-state index is -0.508. The van der Waals surface area contributed by atoms with Crippen LogP contribution in [0.2, 0.25) is 0 Å². The molecule has 2 aromatic carbocycles. The van der Waals surface area contributed by atoms with Crippen LogP contribution < -0.4 is 10.3 Å². The summed E-state index contributed by atoms with van der Waals surface area (Å²) in [6.45, 7) is 2.18. The van der Waals surface area contributed by atoms with Crippen molar-refractivity contribution < 1.29 is 14.3 Å². The van der Waals surface area contributed by atoms with Gasteiger partial charge in [-0.25, -0.2) is 4.98 Å². The lowest BCUT2D eigenvalue weighted by Gasteiger charge is -2.09. The lowest BCUT2D eigenvalue weighted by Crippen LogP contribution is -2.26. The van der Waals surface area contributed by atoms with E-state index in [9.17, 15) is 9.59 Å². The molecule has 0 bridgehead atoms. The van der Waals surface area contributed by atoms with Crippen molar-refractivity contribution in [1.29, 1.82) is 0 Å². The molecule has 0 unspecified atom stereocenters. The maximum atomic E-state index is 12.3. The Balaban J connectivity index is 1.52. The Morgan fingerprint density at radius 3 is 2.64 bits per heavy atom. The number of ether oxygens (including phenoxy) is 2. The summed E-state index contributed by atoms with van der Waals surface area (Å²) >= 11 is 0. The van der Waals surface area contributed by atoms with Gasteiger partial charge < -0.3 is 9.47 Å². The number of hydrogen-bond donors (Lipinski definition) is 0. The molecule has 6 heteroatoms. The van der Waals surface area contributed by atoms with Gasteiger partial charge in [0.05, 0.1) is 17.2 Å². The molecule has 0 fully saturated rings. The first-order valence-electron chi connectivity index (χ1n) is 7.93. The van der Waals surface area contributed by atoms with Gasteiger partial charge >= 0.3 is 5.97 Å². The zero-order valence-electron chi connectivity index (χ0n) is 13.8. The van der Waals surface area contributed by atoms with Crippen molar-refractivity contribution in [2.75, 3.05) is 13.2 Å². The molecule has 0 aliphatic carbocycles. The molecule has 0 N–H and O–H groups in total. The molecular weight excluding hydrogens is 320 g/mol. The van der Waals surface area contributed by atoms with Crippen molar-refractivity contribution in [2.24, 2.45) is 0 Å². The van der Waals surface area contributed by atoms with Crippen LogP contribution in [-0.2, 0) is 16.1 Å². The van der Waals surface area contributed by atoms with Crippen LogP contribution in [0.1, 0.15) is 5.56 Å². The van der Waals surface area contributed by atoms with E-state index >= 15 is 0 Å². The molecule has 0 aliphatic rings. The molecule has 0 atom stereocenters. The number of carbonyl (C=O) groups is 1. The number of esters is 1. The van der Waals surface area contributed by atoms with Crippen LogP contribution in [0.3, 0.4) is 0 Å². The molecule has 25 heavy (non-hydrogen) atoms. The van der Waals surface area contributed by atoms with Crippen LogP contribution in [0.5, 0.6) is 5.75 Å². The molecule has 0 saturated carbocycles. The van der Waals surface area contributed by atoms with E-state index in [0.717, 1.165) is 11.3 Å². The van der Waals surface area contributed by atoms with Gasteiger partial charge in [-0.1, -0.05) is 29.8 Å². The van der Waals surface area contributed by atoms with E-state index in [2.05, 4.69) is 4.98 Å². The molecule has 1 heterocycles. The normalized spacial score (nSPS) is 10.6. The van der Waals surface area contributed by atoms with Crippen molar-refractivity contribution >= 4 is 16.9 Å². The van der Waals surface area contributed by atoms with Crippen molar-refractivity contribution in [1.82, 2.24) is 9.55 Å². The predicted molar refractivity (Wildman–Crippen MR) is 93.6 cm³/mol. The van der Waals surface area contributed by atoms with Gasteiger partial charge in [-0.05, 0) is 31.2 Å². The second kappa shape index (κ2) is 7.61. The number of carbonyl (C=O) groups excluding carboxylic acids is 1. The zero-order valence-corrected chi connectivity index (χ0v) is 13.8. The van der Waals surface area contributed by atoms with Crippen LogP contribution in [0.4, 0.5) is 0 Å². The number of rotatable bonds is 6. The summed E-state index contributed by atoms with van der Waals surface area (Å²) in [5.74, 6) is 0.211. The van der Waals surface area contributed by atoms with E-state index in [1.54, 1.807) is 24.3 Å². The third kappa shape index (κ3) is 4.23. The minimum Gasteiger partial charge on any atom is -0.490 e. The Morgan fingerprint density at radius 1 is 1.08 bits per heavy atom. The highest BCUT2D eigenvalue weighted by Crippen LogP contribution is 2.11. The van der Waals surface area contributed by atoms with Gasteiger partial charge in [0.25, 0.3) is 5.56 Å². The number of fused-ring (bicyclic) bond motifs is 1. The standard InChI is InChI=1S/C19H18N2O4/c1-14-6-8-15(9-7-14)24-10-11-25-18(22)12-21-13-20-17-5-3-2-4-16(17)19(21)23/h2-9,13H,10-12H2,1H3. The Hall–Kier alpha value is -3.15. The highest BCUT2D eigenvalue weighted by Gasteiger charge is 2.09. The molecule has 1 aromatic heterocycles. The monoisotopic (exact) mass is 338 g/mol. The van der Waals surface area contributed by atoms with Gasteiger partial charge in [0, 0.05) is 0 Å². The summed E-state index contributed by atoms with van der Waals surface area (Å²) in [7, 11) is 0. The van der Waals surface area contributed by atoms with Crippen molar-refractivity contribution in [3.05, 3.63) is 70.8 Å². The van der Waals surface area contributed by atoms with Crippen LogP contribution in [0, 0.1) is 6.92 Å². The maximum Gasteiger partial charge on any atom is 0.326 e. The summed E-state index contributed by atoms with van der Waals surface area (Å²) in [5.41, 5.74) is 1.48. The molecule has 0 radical (unpaired) electrons. The summed E-state index contributed by atoms with van der Waals surface area (Å²) in [6, 6.07) is 14.6. The SMILES string of the molecule is Cc1ccc(OCCOC(=O)Cn2cnc3ccccc3c2=O)cc1. The van der Waals surface area contributed by atoms with E-state index in [0.29, 0.717) is 10.9 Å². The second-order valence-electron chi connectivity index (χ2n) is 5.58. The Bertz CT molecular complexity index is 932. The van der Waals surface area contributed by atoms with E-state index in [1.165, 1.54) is 10.9 Å². The number of aromatic nitrogens is 2. The fraction of sp³-hybridized carbons (Fsp3) is 0.211. The van der Waals surface area contributed by atoms with Crippen LogP contribution in [0.15, 0.2) is 59.7 Å². The highest BCUT2D eigenvalue weighted by molar-refractivity contribution is 5.77. The molecule has 3 aromatic rings. The van der Waals surface area contributed by atoms with E-state index in [1.807, 2.05) is 31.2 Å². The minimum absolute atomic E-state index is 0.114. The van der Waals surface area contributed by atoms with Gasteiger partial charge in [-0.3, -0.25) is 14.2 Å². The maximum absolute atomic E-state index is 12.3. The fourth-order valence-corrected chi connectivity index (χ4v) is 2.35. The first-order chi connectivity index (χ1) is 12.1. The van der Waals surface area contributed by atoms with Gasteiger partial charge in [-0.15, -0.1) is 0 Å². The number of aryl methyl sites for hydroxylation is 1. The molecular formula is C19H18N2O4. The Kier molecular flexibility index (Phi) is 5.09. The molecule has 0 saturated heterocycles. The molecule has 128 valence electrons. The number of para-hydroxylation sites is 1. The third-order valence-electron chi connectivity index (χ3n) is 3.67. The van der Waals surface area contributed by atoms with Gasteiger partial charge in [0.2, 0.25) is 0 Å². The molecule has 6 nitrogen and oxygen atoms in total. The average Bonchev–Trinajstić information content (AvgIpc) is 2.63. The van der Waals surface area contributed by atoms with Crippen LogP contribution >= 0.6 is 0 Å². The number of nitrogens with zero attached hydrogens (tertiary/aromatic N) is 2. The lowest BCUT2D eigenvalue weighted by atomic mass is 10.2. The second-order valence-corrected chi connectivity index (χ2v) is 5.58. The predicted octanol–water partition coefficient (Wildman–Crippen LogP) is 2.33. The summed E-state index contributed by atoms with van der Waals surface area (Å²) < 4.78 is 11.8. The van der Waals surface area contributed by atoms with Gasteiger partial charge in [-0.2, -0.15) is 0 Å². The van der Waals surface area contributed by atoms with Crippen molar-refractivity contribution in [3.8, 4) is 5.75 Å². The largest absolute Gasteiger partial charge is 0.490 e. The Morgan fingerprint density at radius 2 is 1.84 bits per heavy atom. The lowest BCUT2D eigenvalue weighted by molar-refractivity contribution is -0.145. The first-order valence-corrected chi connectivity index (χ1v) is 7.93. The third-order valence-corrected chi connectivity index (χ3v) is 3.67. The average molecular weight is 338 g/mol. The number of hydrogen-bond acceptors (Lipinski definition) is 5. The van der Waals surface area contributed by atoms with Crippen LogP contribution in [0.25, 0.3) is 10.9 Å².